The van der Waals surface area contributed by atoms with Gasteiger partial charge in [-0.2, -0.15) is 0 Å². The molecule has 0 unspecified atom stereocenters. The van der Waals surface area contributed by atoms with Crippen molar-refractivity contribution in [3.8, 4) is 23.0 Å². The first kappa shape index (κ1) is 41.4. The van der Waals surface area contributed by atoms with Crippen LogP contribution in [0.3, 0.4) is 0 Å². The van der Waals surface area contributed by atoms with Crippen LogP contribution in [0.15, 0.2) is 12.1 Å². The van der Waals surface area contributed by atoms with Crippen LogP contribution in [0.25, 0.3) is 0 Å². The number of Topliss-reactive ketones (excluding diaryl/α,β-unsaturated/α-hetero) is 1. The highest BCUT2D eigenvalue weighted by Crippen LogP contribution is 2.57. The number of fused-ring (bicyclic) bond motifs is 3. The topological polar surface area (TPSA) is 251 Å². The van der Waals surface area contributed by atoms with Crippen LogP contribution < -0.4 is 0 Å². The predicted octanol–water partition coefficient (Wildman–Crippen LogP) is 2.35. The van der Waals surface area contributed by atoms with E-state index in [4.69, 9.17) is 28.4 Å². The van der Waals surface area contributed by atoms with Gasteiger partial charge in [-0.15, -0.1) is 0 Å². The SMILES string of the molecule is CC[C@@]1(O)C[C@H](O[C@H]2C[C@H](N(C)C)[C@H](O[C@H]3C[C@H](O)[C@H](O[C@H]4CCC(=O)[C@H](C)O4)[C@H](C)O3)[C@H](C)O2)c2c(O)c3c(c(O)c2[C@H]1O)C(=O)c1c(O)ccc(O)c1C3=O. The third-order valence-corrected chi connectivity index (χ3v) is 12.2. The van der Waals surface area contributed by atoms with Gasteiger partial charge in [0.05, 0.1) is 52.3 Å². The molecule has 0 aromatic heterocycles. The van der Waals surface area contributed by atoms with Crippen molar-refractivity contribution in [2.24, 2.45) is 0 Å². The first-order chi connectivity index (χ1) is 26.9. The van der Waals surface area contributed by atoms with Crippen molar-refractivity contribution in [3.63, 3.8) is 0 Å². The predicted molar refractivity (Wildman–Crippen MR) is 195 cm³/mol. The number of phenolic OH excluding ortho intramolecular Hbond substituents is 4. The van der Waals surface area contributed by atoms with Gasteiger partial charge in [-0.3, -0.25) is 14.4 Å². The number of aliphatic hydroxyl groups is 3. The lowest BCUT2D eigenvalue weighted by molar-refractivity contribution is -0.325. The molecular weight excluding hydrogens is 750 g/mol. The summed E-state index contributed by atoms with van der Waals surface area (Å²) < 4.78 is 37.2. The Bertz CT molecular complexity index is 1920. The van der Waals surface area contributed by atoms with E-state index in [0.29, 0.717) is 12.8 Å². The summed E-state index contributed by atoms with van der Waals surface area (Å²) in [7, 11) is 3.67. The molecule has 13 atom stereocenters. The van der Waals surface area contributed by atoms with Crippen LogP contribution in [0.5, 0.6) is 23.0 Å². The fourth-order valence-corrected chi connectivity index (χ4v) is 8.94. The van der Waals surface area contributed by atoms with Crippen molar-refractivity contribution < 1.29 is 78.6 Å². The van der Waals surface area contributed by atoms with Gasteiger partial charge in [0, 0.05) is 49.3 Å². The molecule has 2 aromatic rings. The third kappa shape index (κ3) is 7.11. The molecule has 17 heteroatoms. The zero-order chi connectivity index (χ0) is 41.4. The summed E-state index contributed by atoms with van der Waals surface area (Å²) >= 11 is 0. The molecule has 57 heavy (non-hydrogen) atoms. The van der Waals surface area contributed by atoms with Gasteiger partial charge in [-0.05, 0) is 53.4 Å². The maximum atomic E-state index is 13.8. The summed E-state index contributed by atoms with van der Waals surface area (Å²) in [6, 6.07) is 1.64. The third-order valence-electron chi connectivity index (χ3n) is 12.2. The first-order valence-corrected chi connectivity index (χ1v) is 19.3. The maximum absolute atomic E-state index is 13.8. The minimum Gasteiger partial charge on any atom is -0.507 e. The molecular formula is C40H51NO16. The number of aliphatic hydroxyl groups excluding tert-OH is 2. The minimum absolute atomic E-state index is 0.00497. The fourth-order valence-electron chi connectivity index (χ4n) is 8.94. The lowest BCUT2D eigenvalue weighted by Crippen LogP contribution is -2.58. The molecule has 7 N–H and O–H groups in total. The van der Waals surface area contributed by atoms with Crippen LogP contribution in [0, 0.1) is 0 Å². The lowest BCUT2D eigenvalue weighted by atomic mass is 9.70. The Hall–Kier alpha value is -3.75. The van der Waals surface area contributed by atoms with Gasteiger partial charge in [-0.1, -0.05) is 6.92 Å². The Morgan fingerprint density at radius 1 is 0.754 bits per heavy atom. The summed E-state index contributed by atoms with van der Waals surface area (Å²) in [5.74, 6) is -5.11. The van der Waals surface area contributed by atoms with E-state index in [0.717, 1.165) is 12.1 Å². The van der Waals surface area contributed by atoms with Gasteiger partial charge in [0.2, 0.25) is 11.6 Å². The van der Waals surface area contributed by atoms with Crippen molar-refractivity contribution >= 4 is 17.3 Å². The van der Waals surface area contributed by atoms with Crippen LogP contribution >= 0.6 is 0 Å². The van der Waals surface area contributed by atoms with Gasteiger partial charge in [0.25, 0.3) is 0 Å². The summed E-state index contributed by atoms with van der Waals surface area (Å²) in [6.07, 6.45) is -9.24. The van der Waals surface area contributed by atoms with Crippen molar-refractivity contribution in [3.05, 3.63) is 45.5 Å². The quantitative estimate of drug-likeness (QED) is 0.162. The van der Waals surface area contributed by atoms with E-state index in [1.807, 2.05) is 19.0 Å². The minimum atomic E-state index is -1.93. The van der Waals surface area contributed by atoms with Crippen LogP contribution in [0.4, 0.5) is 0 Å². The Kier molecular flexibility index (Phi) is 11.2. The summed E-state index contributed by atoms with van der Waals surface area (Å²) in [5, 5.41) is 78.8. The first-order valence-electron chi connectivity index (χ1n) is 19.3. The van der Waals surface area contributed by atoms with Gasteiger partial charge in [0.1, 0.15) is 47.4 Å². The van der Waals surface area contributed by atoms with Crippen LogP contribution in [0.1, 0.15) is 121 Å². The van der Waals surface area contributed by atoms with Crippen LogP contribution in [0.2, 0.25) is 0 Å². The van der Waals surface area contributed by atoms with Crippen LogP contribution in [-0.4, -0.2) is 139 Å². The number of aromatic hydroxyl groups is 4. The Labute approximate surface area is 328 Å². The number of phenols is 4. The Morgan fingerprint density at radius 2 is 1.30 bits per heavy atom. The van der Waals surface area contributed by atoms with Gasteiger partial charge in [-0.25, -0.2) is 0 Å². The number of ether oxygens (including phenoxy) is 6. The normalized spacial score (nSPS) is 36.8. The van der Waals surface area contributed by atoms with Gasteiger partial charge in [0.15, 0.2) is 24.7 Å². The van der Waals surface area contributed by atoms with Crippen molar-refractivity contribution in [1.29, 1.82) is 0 Å². The zero-order valence-corrected chi connectivity index (χ0v) is 32.6. The smallest absolute Gasteiger partial charge is 0.202 e. The second-order valence-corrected chi connectivity index (χ2v) is 16.0. The molecule has 7 rings (SSSR count). The van der Waals surface area contributed by atoms with E-state index in [2.05, 4.69) is 0 Å². The summed E-state index contributed by atoms with van der Waals surface area (Å²) in [6.45, 7) is 6.78. The monoisotopic (exact) mass is 801 g/mol. The van der Waals surface area contributed by atoms with E-state index in [9.17, 15) is 50.1 Å². The Balaban J connectivity index is 1.13. The van der Waals surface area contributed by atoms with Crippen molar-refractivity contribution in [2.75, 3.05) is 14.1 Å². The number of rotatable bonds is 8. The lowest BCUT2D eigenvalue weighted by Gasteiger charge is -2.48. The fraction of sp³-hybridized carbons (Fsp3) is 0.625. The average molecular weight is 802 g/mol. The van der Waals surface area contributed by atoms with E-state index in [1.54, 1.807) is 27.7 Å². The average Bonchev–Trinajstić information content (AvgIpc) is 3.14. The summed E-state index contributed by atoms with van der Waals surface area (Å²) in [4.78, 5) is 41.4. The second kappa shape index (κ2) is 15.4. The van der Waals surface area contributed by atoms with Crippen LogP contribution in [-0.2, 0) is 33.2 Å². The molecule has 3 aliphatic heterocycles. The van der Waals surface area contributed by atoms with E-state index in [1.165, 1.54) is 0 Å². The van der Waals surface area contributed by atoms with Gasteiger partial charge < -0.3 is 69.1 Å². The maximum Gasteiger partial charge on any atom is 0.202 e. The van der Waals surface area contributed by atoms with E-state index < -0.39 is 136 Å². The molecule has 3 heterocycles. The number of carbonyl (C=O) groups excluding carboxylic acids is 3. The number of likely N-dealkylation sites (N-methyl/N-ethyl adjacent to an activating group) is 1. The van der Waals surface area contributed by atoms with Gasteiger partial charge >= 0.3 is 0 Å². The molecule has 3 fully saturated rings. The number of carbonyl (C=O) groups is 3. The van der Waals surface area contributed by atoms with Crippen molar-refractivity contribution in [1.82, 2.24) is 4.90 Å². The molecule has 17 nitrogen and oxygen atoms in total. The largest absolute Gasteiger partial charge is 0.507 e. The number of ketones is 3. The molecule has 0 amide bonds. The molecule has 3 saturated heterocycles. The summed E-state index contributed by atoms with van der Waals surface area (Å²) in [5.41, 5.74) is -5.10. The number of hydrogen-bond acceptors (Lipinski definition) is 17. The second-order valence-electron chi connectivity index (χ2n) is 16.0. The standard InChI is InChI=1S/C40H51NO16/c1-7-40(51)14-23(29-32(39(40)50)36(49)31-30(35(29)48)33(46)27-20(43)8-9-21(44)28(27)34(31)47)55-25-12-18(41(5)6)37(16(3)53-25)57-26-13-22(45)38(17(4)54-26)56-24-11-10-19(42)15(2)52-24/h8-9,15-18,22-26,37-39,43-45,48-51H,7,10-14H2,1-6H3/t15-,16-,17-,18-,22-,23-,24-,25-,26-,37+,38+,39+,40+/m0/s1. The van der Waals surface area contributed by atoms with E-state index >= 15 is 0 Å². The number of benzene rings is 2. The molecule has 0 saturated carbocycles. The molecule has 2 aromatic carbocycles. The molecule has 2 aliphatic carbocycles. The molecule has 0 spiro atoms. The zero-order valence-electron chi connectivity index (χ0n) is 32.6. The number of nitrogens with zero attached hydrogens (tertiary/aromatic N) is 1. The highest BCUT2D eigenvalue weighted by atomic mass is 16.7. The van der Waals surface area contributed by atoms with E-state index in [-0.39, 0.29) is 43.1 Å². The molecule has 312 valence electrons. The molecule has 0 bridgehead atoms. The number of hydrogen-bond donors (Lipinski definition) is 7. The Morgan fingerprint density at radius 3 is 1.84 bits per heavy atom. The molecule has 5 aliphatic rings. The highest BCUT2D eigenvalue weighted by molar-refractivity contribution is 6.32. The van der Waals surface area contributed by atoms with Crippen molar-refractivity contribution in [2.45, 2.75) is 146 Å². The molecule has 0 radical (unpaired) electrons. The highest BCUT2D eigenvalue weighted by Gasteiger charge is 2.53.